The molecule has 0 aliphatic carbocycles. The van der Waals surface area contributed by atoms with Crippen molar-refractivity contribution in [3.05, 3.63) is 57.6 Å². The molecule has 1 aromatic heterocycles. The fraction of sp³-hybridized carbons (Fsp3) is 0.400. The Labute approximate surface area is 165 Å². The van der Waals surface area contributed by atoms with E-state index in [0.29, 0.717) is 11.8 Å². The Hall–Kier alpha value is -2.09. The second kappa shape index (κ2) is 8.94. The van der Waals surface area contributed by atoms with Gasteiger partial charge < -0.3 is 19.1 Å². The zero-order chi connectivity index (χ0) is 20.9. The quantitative estimate of drug-likeness (QED) is 0.400. The maximum absolute atomic E-state index is 10.9. The van der Waals surface area contributed by atoms with Crippen molar-refractivity contribution in [2.24, 2.45) is 0 Å². The van der Waals surface area contributed by atoms with Gasteiger partial charge in [-0.15, -0.1) is 0 Å². The number of hydrogen-bond acceptors (Lipinski definition) is 8. The van der Waals surface area contributed by atoms with E-state index in [1.165, 1.54) is 18.2 Å². The molecule has 0 bridgehead atoms. The van der Waals surface area contributed by atoms with Crippen LogP contribution in [0, 0.1) is 10.1 Å². The summed E-state index contributed by atoms with van der Waals surface area (Å²) in [6, 6.07) is 4.11. The number of non-ortho nitro benzene ring substituents is 1. The lowest BCUT2D eigenvalue weighted by Gasteiger charge is -2.29. The van der Waals surface area contributed by atoms with E-state index in [2.05, 4.69) is 4.98 Å². The Kier molecular flexibility index (Phi) is 7.09. The summed E-state index contributed by atoms with van der Waals surface area (Å²) in [6.45, 7) is 0.246. The number of nitro groups is 1. The molecule has 11 nitrogen and oxygen atoms in total. The highest BCUT2D eigenvalue weighted by Gasteiger charge is 2.45. The maximum atomic E-state index is 10.9. The van der Waals surface area contributed by atoms with Gasteiger partial charge in [-0.3, -0.25) is 14.7 Å². The molecule has 1 aromatic carbocycles. The Bertz CT molecular complexity index is 913. The van der Waals surface area contributed by atoms with Crippen molar-refractivity contribution in [1.82, 2.24) is 9.55 Å². The first-order valence-electron chi connectivity index (χ1n) is 7.79. The van der Waals surface area contributed by atoms with Gasteiger partial charge >= 0.3 is 0 Å². The number of nitrogens with zero attached hydrogens (tertiary/aromatic N) is 3. The average Bonchev–Trinajstić information content (AvgIpc) is 3.23. The number of aliphatic hydroxyl groups is 1. The van der Waals surface area contributed by atoms with Crippen molar-refractivity contribution >= 4 is 27.4 Å². The van der Waals surface area contributed by atoms with Crippen LogP contribution in [-0.4, -0.2) is 58.1 Å². The highest BCUT2D eigenvalue weighted by atomic mass is 35.5. The van der Waals surface area contributed by atoms with E-state index >= 15 is 0 Å². The summed E-state index contributed by atoms with van der Waals surface area (Å²) in [5.74, 6) is -1.24. The van der Waals surface area contributed by atoms with Crippen molar-refractivity contribution in [2.45, 2.75) is 18.4 Å². The minimum absolute atomic E-state index is 0.117. The number of aliphatic hydroxyl groups excluding tert-OH is 1. The van der Waals surface area contributed by atoms with Crippen molar-refractivity contribution in [3.8, 4) is 0 Å². The predicted octanol–water partition coefficient (Wildman–Crippen LogP) is 1.21. The van der Waals surface area contributed by atoms with Gasteiger partial charge in [0.15, 0.2) is 0 Å². The number of benzene rings is 1. The van der Waals surface area contributed by atoms with Gasteiger partial charge in [0.05, 0.1) is 42.3 Å². The summed E-state index contributed by atoms with van der Waals surface area (Å²) in [5.41, 5.74) is 0.350. The Morgan fingerprint density at radius 2 is 2.18 bits per heavy atom. The minimum atomic E-state index is -3.67. The molecule has 2 heterocycles. The van der Waals surface area contributed by atoms with Crippen molar-refractivity contribution in [3.63, 3.8) is 0 Å². The number of imidazole rings is 1. The van der Waals surface area contributed by atoms with E-state index in [-0.39, 0.29) is 30.5 Å². The molecule has 1 aliphatic heterocycles. The second-order valence-corrected chi connectivity index (χ2v) is 7.75. The van der Waals surface area contributed by atoms with Gasteiger partial charge in [-0.05, 0) is 6.07 Å². The molecule has 3 rings (SSSR count). The molecule has 1 aliphatic rings. The van der Waals surface area contributed by atoms with E-state index < -0.39 is 26.9 Å². The lowest BCUT2D eigenvalue weighted by molar-refractivity contribution is -0.384. The summed E-state index contributed by atoms with van der Waals surface area (Å²) >= 11 is 6.22. The van der Waals surface area contributed by atoms with Gasteiger partial charge in [0.2, 0.25) is 5.79 Å². The third-order valence-electron chi connectivity index (χ3n) is 3.59. The summed E-state index contributed by atoms with van der Waals surface area (Å²) in [6.07, 6.45) is 5.17. The number of hydrogen-bond donors (Lipinski definition) is 2. The molecule has 0 saturated carbocycles. The van der Waals surface area contributed by atoms with Gasteiger partial charge in [-0.2, -0.15) is 8.42 Å². The number of nitro benzene ring substituents is 1. The highest BCUT2D eigenvalue weighted by molar-refractivity contribution is 7.85. The lowest BCUT2D eigenvalue weighted by Crippen LogP contribution is -2.34. The molecule has 2 atom stereocenters. The van der Waals surface area contributed by atoms with Crippen LogP contribution in [0.25, 0.3) is 0 Å². The molecule has 1 fully saturated rings. The van der Waals surface area contributed by atoms with Crippen LogP contribution in [0.4, 0.5) is 5.69 Å². The van der Waals surface area contributed by atoms with E-state index in [1.54, 1.807) is 23.3 Å². The lowest BCUT2D eigenvalue weighted by atomic mass is 10.0. The van der Waals surface area contributed by atoms with Crippen LogP contribution in [-0.2, 0) is 31.9 Å². The fourth-order valence-corrected chi connectivity index (χ4v) is 2.83. The molecule has 0 spiro atoms. The molecule has 2 aromatic rings. The molecule has 2 N–H and O–H groups in total. The topological polar surface area (TPSA) is 154 Å². The molecule has 13 heteroatoms. The van der Waals surface area contributed by atoms with Gasteiger partial charge in [0.25, 0.3) is 15.8 Å². The number of ether oxygens (including phenoxy) is 2. The summed E-state index contributed by atoms with van der Waals surface area (Å²) in [7, 11) is -3.67. The van der Waals surface area contributed by atoms with Crippen LogP contribution in [0.2, 0.25) is 5.02 Å². The third-order valence-corrected chi connectivity index (χ3v) is 3.90. The van der Waals surface area contributed by atoms with Crippen molar-refractivity contribution in [1.29, 1.82) is 0 Å². The van der Waals surface area contributed by atoms with E-state index in [0.717, 1.165) is 0 Å². The number of rotatable bonds is 5. The summed E-state index contributed by atoms with van der Waals surface area (Å²) in [5, 5.41) is 20.3. The Morgan fingerprint density at radius 3 is 2.64 bits per heavy atom. The van der Waals surface area contributed by atoms with Gasteiger partial charge in [0, 0.05) is 30.1 Å². The highest BCUT2D eigenvalue weighted by Crippen LogP contribution is 2.40. The zero-order valence-corrected chi connectivity index (χ0v) is 16.2. The van der Waals surface area contributed by atoms with Gasteiger partial charge in [-0.1, -0.05) is 11.6 Å². The normalized spacial score (nSPS) is 21.8. The van der Waals surface area contributed by atoms with E-state index in [9.17, 15) is 23.6 Å². The van der Waals surface area contributed by atoms with Crippen molar-refractivity contribution < 1.29 is 32.5 Å². The molecule has 0 radical (unpaired) electrons. The monoisotopic (exact) mass is 435 g/mol. The SMILES string of the molecule is CS(=O)(=O)O.O=[N+]([O-])c1ccc(C2(Cn3ccnc3)OCC(CO)O2)c(Cl)c1. The van der Waals surface area contributed by atoms with Crippen LogP contribution in [0.1, 0.15) is 5.56 Å². The van der Waals surface area contributed by atoms with Crippen LogP contribution < -0.4 is 0 Å². The van der Waals surface area contributed by atoms with Crippen LogP contribution >= 0.6 is 11.6 Å². The largest absolute Gasteiger partial charge is 0.394 e. The Morgan fingerprint density at radius 1 is 1.50 bits per heavy atom. The van der Waals surface area contributed by atoms with Gasteiger partial charge in [-0.25, -0.2) is 4.98 Å². The molecular formula is C15H18ClN3O8S. The second-order valence-electron chi connectivity index (χ2n) is 5.88. The summed E-state index contributed by atoms with van der Waals surface area (Å²) in [4.78, 5) is 14.3. The maximum Gasteiger partial charge on any atom is 0.270 e. The predicted molar refractivity (Wildman–Crippen MR) is 97.4 cm³/mol. The zero-order valence-electron chi connectivity index (χ0n) is 14.6. The first-order valence-corrected chi connectivity index (χ1v) is 10.0. The number of aromatic nitrogens is 2. The molecular weight excluding hydrogens is 418 g/mol. The van der Waals surface area contributed by atoms with Crippen LogP contribution in [0.5, 0.6) is 0 Å². The standard InChI is InChI=1S/C14H14ClN3O5.CH4O3S/c15-13-5-10(18(20)21)1-2-12(13)14(8-17-4-3-16-9-17)22-7-11(6-19)23-14;1-5(2,3)4/h1-5,9,11,19H,6-8H2;1H3,(H,2,3,4). The van der Waals surface area contributed by atoms with Crippen LogP contribution in [0.3, 0.4) is 0 Å². The van der Waals surface area contributed by atoms with E-state index in [4.69, 9.17) is 25.6 Å². The molecule has 2 unspecified atom stereocenters. The molecule has 28 heavy (non-hydrogen) atoms. The van der Waals surface area contributed by atoms with Gasteiger partial charge in [0.1, 0.15) is 6.10 Å². The van der Waals surface area contributed by atoms with E-state index in [1.807, 2.05) is 0 Å². The fourth-order valence-electron chi connectivity index (χ4n) is 2.51. The minimum Gasteiger partial charge on any atom is -0.394 e. The van der Waals surface area contributed by atoms with Crippen LogP contribution in [0.15, 0.2) is 36.9 Å². The molecule has 1 saturated heterocycles. The first kappa shape index (κ1) is 22.2. The summed E-state index contributed by atoms with van der Waals surface area (Å²) < 4.78 is 39.3. The first-order chi connectivity index (χ1) is 13.0. The number of halogens is 1. The molecule has 154 valence electrons. The average molecular weight is 436 g/mol. The van der Waals surface area contributed by atoms with Crippen molar-refractivity contribution in [2.75, 3.05) is 19.5 Å². The third kappa shape index (κ3) is 5.95. The Balaban J connectivity index is 0.000000500. The molecule has 0 amide bonds. The smallest absolute Gasteiger partial charge is 0.270 e.